The summed E-state index contributed by atoms with van der Waals surface area (Å²) in [4.78, 5) is 7.07. The minimum absolute atomic E-state index is 0.268. The number of aromatic nitrogens is 2. The van der Waals surface area contributed by atoms with E-state index < -0.39 is 12.0 Å². The summed E-state index contributed by atoms with van der Waals surface area (Å²) in [6, 6.07) is 12.6. The second-order valence-electron chi connectivity index (χ2n) is 7.92. The van der Waals surface area contributed by atoms with E-state index in [1.54, 1.807) is 13.0 Å². The van der Waals surface area contributed by atoms with E-state index in [4.69, 9.17) is 0 Å². The van der Waals surface area contributed by atoms with E-state index in [2.05, 4.69) is 21.9 Å². The number of rotatable bonds is 5. The van der Waals surface area contributed by atoms with Gasteiger partial charge in [0.1, 0.15) is 5.82 Å². The van der Waals surface area contributed by atoms with Gasteiger partial charge >= 0.3 is 6.18 Å². The number of alkyl halides is 3. The molecule has 0 amide bonds. The van der Waals surface area contributed by atoms with E-state index in [0.29, 0.717) is 22.4 Å². The topological polar surface area (TPSA) is 37.8 Å². The van der Waals surface area contributed by atoms with Gasteiger partial charge in [-0.05, 0) is 55.0 Å². The molecule has 7 heteroatoms. The van der Waals surface area contributed by atoms with Gasteiger partial charge in [0, 0.05) is 23.2 Å². The van der Waals surface area contributed by atoms with E-state index in [9.17, 15) is 17.6 Å². The molecule has 0 saturated heterocycles. The van der Waals surface area contributed by atoms with Crippen molar-refractivity contribution in [3.8, 4) is 11.1 Å². The van der Waals surface area contributed by atoms with Crippen molar-refractivity contribution >= 4 is 5.70 Å². The Hall–Kier alpha value is -3.22. The lowest BCUT2D eigenvalue weighted by Gasteiger charge is -2.22. The average molecular weight is 427 g/mol. The van der Waals surface area contributed by atoms with Crippen LogP contribution in [0, 0.1) is 19.7 Å². The molecule has 0 spiro atoms. The van der Waals surface area contributed by atoms with Crippen molar-refractivity contribution in [3.05, 3.63) is 89.3 Å². The molecule has 1 heterocycles. The maximum absolute atomic E-state index is 13.9. The van der Waals surface area contributed by atoms with E-state index in [0.717, 1.165) is 24.0 Å². The third-order valence-electron chi connectivity index (χ3n) is 5.64. The van der Waals surface area contributed by atoms with Gasteiger partial charge in [0.05, 0.1) is 5.54 Å². The quantitative estimate of drug-likeness (QED) is 0.495. The average Bonchev–Trinajstić information content (AvgIpc) is 3.50. The van der Waals surface area contributed by atoms with Gasteiger partial charge in [0.25, 0.3) is 0 Å². The number of nitrogens with one attached hydrogen (secondary N) is 1. The molecule has 1 aromatic heterocycles. The van der Waals surface area contributed by atoms with Gasteiger partial charge in [-0.2, -0.15) is 13.2 Å². The molecule has 1 aliphatic carbocycles. The molecule has 160 valence electrons. The van der Waals surface area contributed by atoms with Crippen LogP contribution in [0.1, 0.15) is 41.1 Å². The van der Waals surface area contributed by atoms with E-state index in [1.807, 2.05) is 30.3 Å². The largest absolute Gasteiger partial charge is 0.451 e. The van der Waals surface area contributed by atoms with E-state index in [-0.39, 0.29) is 17.1 Å². The number of nitrogens with zero attached hydrogens (tertiary/aromatic N) is 2. The molecule has 0 aliphatic heterocycles. The molecule has 1 aliphatic rings. The van der Waals surface area contributed by atoms with Crippen LogP contribution in [0.5, 0.6) is 0 Å². The summed E-state index contributed by atoms with van der Waals surface area (Å²) < 4.78 is 52.3. The number of aryl methyl sites for hydroxylation is 2. The molecule has 0 bridgehead atoms. The molecular weight excluding hydrogens is 406 g/mol. The van der Waals surface area contributed by atoms with Crippen LogP contribution in [-0.2, 0) is 11.7 Å². The van der Waals surface area contributed by atoms with E-state index in [1.165, 1.54) is 19.2 Å². The zero-order valence-corrected chi connectivity index (χ0v) is 17.1. The predicted octanol–water partition coefficient (Wildman–Crippen LogP) is 6.17. The van der Waals surface area contributed by atoms with Crippen LogP contribution in [0.3, 0.4) is 0 Å². The Kier molecular flexibility index (Phi) is 5.07. The van der Waals surface area contributed by atoms with Gasteiger partial charge in [-0.15, -0.1) is 0 Å². The summed E-state index contributed by atoms with van der Waals surface area (Å²) in [6.45, 7) is 7.31. The minimum Gasteiger partial charge on any atom is -0.376 e. The molecule has 0 atom stereocenters. The first kappa shape index (κ1) is 21.0. The maximum atomic E-state index is 13.9. The Bertz CT molecular complexity index is 1150. The van der Waals surface area contributed by atoms with Crippen LogP contribution in [0.2, 0.25) is 0 Å². The smallest absolute Gasteiger partial charge is 0.376 e. The van der Waals surface area contributed by atoms with Crippen molar-refractivity contribution in [2.75, 3.05) is 0 Å². The minimum atomic E-state index is -4.57. The second-order valence-corrected chi connectivity index (χ2v) is 7.92. The lowest BCUT2D eigenvalue weighted by atomic mass is 9.98. The van der Waals surface area contributed by atoms with Crippen LogP contribution >= 0.6 is 0 Å². The highest BCUT2D eigenvalue weighted by atomic mass is 19.4. The van der Waals surface area contributed by atoms with Crippen molar-refractivity contribution in [2.45, 2.75) is 38.4 Å². The predicted molar refractivity (Wildman–Crippen MR) is 111 cm³/mol. The standard InChI is InChI=1S/C24H21F4N3/c1-14-4-5-18(12-21(14)25)15(2)31-23(10-11-23)19-8-6-17(7-9-19)20-13-29-22(24(26,27)28)30-16(20)3/h4-9,12-13,31H,2,10-11H2,1,3H3. The highest BCUT2D eigenvalue weighted by Crippen LogP contribution is 2.47. The van der Waals surface area contributed by atoms with Crippen molar-refractivity contribution < 1.29 is 17.6 Å². The first-order valence-electron chi connectivity index (χ1n) is 9.84. The van der Waals surface area contributed by atoms with Gasteiger partial charge in [0.15, 0.2) is 0 Å². The second kappa shape index (κ2) is 7.48. The van der Waals surface area contributed by atoms with Crippen LogP contribution in [0.15, 0.2) is 55.2 Å². The zero-order chi connectivity index (χ0) is 22.4. The molecule has 1 N–H and O–H groups in total. The monoisotopic (exact) mass is 427 g/mol. The number of halogens is 4. The Labute approximate surface area is 177 Å². The third kappa shape index (κ3) is 4.17. The van der Waals surface area contributed by atoms with E-state index >= 15 is 0 Å². The van der Waals surface area contributed by atoms with Gasteiger partial charge in [-0.3, -0.25) is 0 Å². The third-order valence-corrected chi connectivity index (χ3v) is 5.64. The Morgan fingerprint density at radius 3 is 2.29 bits per heavy atom. The molecule has 0 unspecified atom stereocenters. The summed E-state index contributed by atoms with van der Waals surface area (Å²) >= 11 is 0. The SMILES string of the molecule is C=C(NC1(c2ccc(-c3cnc(C(F)(F)F)nc3C)cc2)CC1)c1ccc(C)c(F)c1. The molecule has 1 fully saturated rings. The van der Waals surface area contributed by atoms with Crippen LogP contribution < -0.4 is 5.32 Å². The van der Waals surface area contributed by atoms with Crippen molar-refractivity contribution in [1.82, 2.24) is 15.3 Å². The summed E-state index contributed by atoms with van der Waals surface area (Å²) in [5.74, 6) is -1.42. The number of hydrogen-bond acceptors (Lipinski definition) is 3. The van der Waals surface area contributed by atoms with Gasteiger partial charge in [-0.25, -0.2) is 14.4 Å². The molecule has 2 aromatic carbocycles. The van der Waals surface area contributed by atoms with Gasteiger partial charge in [0.2, 0.25) is 5.82 Å². The Balaban J connectivity index is 1.54. The lowest BCUT2D eigenvalue weighted by molar-refractivity contribution is -0.145. The number of benzene rings is 2. The Morgan fingerprint density at radius 1 is 1.06 bits per heavy atom. The van der Waals surface area contributed by atoms with Crippen molar-refractivity contribution in [2.24, 2.45) is 0 Å². The van der Waals surface area contributed by atoms with Crippen molar-refractivity contribution in [3.63, 3.8) is 0 Å². The summed E-state index contributed by atoms with van der Waals surface area (Å²) in [6.07, 6.45) is -1.55. The lowest BCUT2D eigenvalue weighted by Crippen LogP contribution is -2.27. The summed E-state index contributed by atoms with van der Waals surface area (Å²) in [5, 5.41) is 3.43. The van der Waals surface area contributed by atoms with Gasteiger partial charge < -0.3 is 5.32 Å². The molecular formula is C24H21F4N3. The summed E-state index contributed by atoms with van der Waals surface area (Å²) in [5.41, 5.74) is 4.25. The van der Waals surface area contributed by atoms with Gasteiger partial charge in [-0.1, -0.05) is 43.0 Å². The van der Waals surface area contributed by atoms with Crippen molar-refractivity contribution in [1.29, 1.82) is 0 Å². The molecule has 3 nitrogen and oxygen atoms in total. The summed E-state index contributed by atoms with van der Waals surface area (Å²) in [7, 11) is 0. The Morgan fingerprint density at radius 2 is 1.74 bits per heavy atom. The first-order chi connectivity index (χ1) is 14.6. The molecule has 31 heavy (non-hydrogen) atoms. The fourth-order valence-electron chi connectivity index (χ4n) is 3.61. The normalized spacial score (nSPS) is 14.9. The van der Waals surface area contributed by atoms with Crippen LogP contribution in [-0.4, -0.2) is 9.97 Å². The zero-order valence-electron chi connectivity index (χ0n) is 17.1. The number of hydrogen-bond donors (Lipinski definition) is 1. The first-order valence-corrected chi connectivity index (χ1v) is 9.84. The highest BCUT2D eigenvalue weighted by Gasteiger charge is 2.44. The molecule has 1 saturated carbocycles. The highest BCUT2D eigenvalue weighted by molar-refractivity contribution is 5.67. The van der Waals surface area contributed by atoms with Crippen LogP contribution in [0.4, 0.5) is 17.6 Å². The molecule has 0 radical (unpaired) electrons. The molecule has 4 rings (SSSR count). The fraction of sp³-hybridized carbons (Fsp3) is 0.250. The fourth-order valence-corrected chi connectivity index (χ4v) is 3.61. The maximum Gasteiger partial charge on any atom is 0.451 e. The molecule has 3 aromatic rings. The van der Waals surface area contributed by atoms with Crippen LogP contribution in [0.25, 0.3) is 16.8 Å².